The molecule has 26 heavy (non-hydrogen) atoms. The molecule has 6 nitrogen and oxygen atoms in total. The minimum Gasteiger partial charge on any atom is -0.376 e. The lowest BCUT2D eigenvalue weighted by Gasteiger charge is -2.21. The predicted molar refractivity (Wildman–Crippen MR) is 103 cm³/mol. The molecule has 0 aliphatic carbocycles. The van der Waals surface area contributed by atoms with Crippen LogP contribution in [0.4, 0.5) is 5.69 Å². The molecule has 1 saturated heterocycles. The van der Waals surface area contributed by atoms with Gasteiger partial charge in [-0.25, -0.2) is 0 Å². The van der Waals surface area contributed by atoms with Crippen LogP contribution in [0.2, 0.25) is 0 Å². The maximum atomic E-state index is 12.3. The number of carbonyl (C=O) groups excluding carboxylic acids is 2. The highest BCUT2D eigenvalue weighted by Gasteiger charge is 2.16. The van der Waals surface area contributed by atoms with Crippen LogP contribution >= 0.6 is 0 Å². The second-order valence-electron chi connectivity index (χ2n) is 6.66. The lowest BCUT2D eigenvalue weighted by molar-refractivity contribution is -0.129. The quantitative estimate of drug-likeness (QED) is 0.672. The number of amides is 2. The molecule has 2 N–H and O–H groups in total. The normalized spacial score (nSPS) is 16.3. The van der Waals surface area contributed by atoms with Gasteiger partial charge in [0.1, 0.15) is 0 Å². The zero-order valence-corrected chi connectivity index (χ0v) is 15.9. The number of carbonyl (C=O) groups is 2. The molecule has 1 aromatic carbocycles. The summed E-state index contributed by atoms with van der Waals surface area (Å²) in [6.07, 6.45) is 4.13. The van der Waals surface area contributed by atoms with Gasteiger partial charge in [-0.1, -0.05) is 13.8 Å². The Bertz CT molecular complexity index is 562. The Kier molecular flexibility index (Phi) is 8.41. The van der Waals surface area contributed by atoms with Crippen molar-refractivity contribution in [3.8, 4) is 0 Å². The summed E-state index contributed by atoms with van der Waals surface area (Å²) in [5, 5.41) is 6.05. The molecule has 1 aliphatic rings. The van der Waals surface area contributed by atoms with Gasteiger partial charge in [0, 0.05) is 37.5 Å². The number of benzene rings is 1. The van der Waals surface area contributed by atoms with Gasteiger partial charge in [-0.3, -0.25) is 9.59 Å². The standard InChI is InChI=1S/C20H31N3O3/c1-3-11-23(12-4-2)19(24)15-21-17-9-7-16(8-10-17)20(25)22-14-18-6-5-13-26-18/h7-10,18,21H,3-6,11-15H2,1-2H3,(H,22,25). The summed E-state index contributed by atoms with van der Waals surface area (Å²) in [4.78, 5) is 26.3. The van der Waals surface area contributed by atoms with Gasteiger partial charge in [-0.05, 0) is 49.9 Å². The van der Waals surface area contributed by atoms with E-state index in [0.29, 0.717) is 12.1 Å². The summed E-state index contributed by atoms with van der Waals surface area (Å²) in [5.74, 6) is 0.00674. The fourth-order valence-electron chi connectivity index (χ4n) is 3.04. The maximum absolute atomic E-state index is 12.3. The van der Waals surface area contributed by atoms with Crippen molar-refractivity contribution in [3.63, 3.8) is 0 Å². The third-order valence-electron chi connectivity index (χ3n) is 4.44. The van der Waals surface area contributed by atoms with E-state index in [1.807, 2.05) is 17.0 Å². The van der Waals surface area contributed by atoms with E-state index in [-0.39, 0.29) is 24.5 Å². The van der Waals surface area contributed by atoms with Gasteiger partial charge >= 0.3 is 0 Å². The highest BCUT2D eigenvalue weighted by atomic mass is 16.5. The second-order valence-corrected chi connectivity index (χ2v) is 6.66. The Balaban J connectivity index is 1.78. The van der Waals surface area contributed by atoms with Crippen LogP contribution in [0, 0.1) is 0 Å². The van der Waals surface area contributed by atoms with E-state index in [4.69, 9.17) is 4.74 Å². The molecule has 0 saturated carbocycles. The molecule has 2 amide bonds. The molecule has 0 bridgehead atoms. The number of rotatable bonds is 10. The van der Waals surface area contributed by atoms with E-state index in [1.54, 1.807) is 12.1 Å². The number of ether oxygens (including phenoxy) is 1. The van der Waals surface area contributed by atoms with E-state index in [9.17, 15) is 9.59 Å². The van der Waals surface area contributed by atoms with Crippen molar-refractivity contribution in [1.29, 1.82) is 0 Å². The summed E-state index contributed by atoms with van der Waals surface area (Å²) < 4.78 is 5.51. The van der Waals surface area contributed by atoms with Gasteiger partial charge in [0.25, 0.3) is 5.91 Å². The molecule has 1 atom stereocenters. The van der Waals surface area contributed by atoms with Crippen molar-refractivity contribution in [2.75, 3.05) is 38.1 Å². The Morgan fingerprint density at radius 1 is 1.15 bits per heavy atom. The second kappa shape index (κ2) is 10.8. The van der Waals surface area contributed by atoms with Crippen LogP contribution in [0.15, 0.2) is 24.3 Å². The van der Waals surface area contributed by atoms with Crippen molar-refractivity contribution in [3.05, 3.63) is 29.8 Å². The summed E-state index contributed by atoms with van der Waals surface area (Å²) in [7, 11) is 0. The molecule has 1 fully saturated rings. The van der Waals surface area contributed by atoms with Crippen molar-refractivity contribution in [1.82, 2.24) is 10.2 Å². The van der Waals surface area contributed by atoms with Gasteiger partial charge in [0.15, 0.2) is 0 Å². The Hall–Kier alpha value is -2.08. The predicted octanol–water partition coefficient (Wildman–Crippen LogP) is 2.66. The first-order valence-electron chi connectivity index (χ1n) is 9.65. The van der Waals surface area contributed by atoms with E-state index < -0.39 is 0 Å². The zero-order valence-electron chi connectivity index (χ0n) is 15.9. The number of nitrogens with one attached hydrogen (secondary N) is 2. The molecule has 1 heterocycles. The number of hydrogen-bond donors (Lipinski definition) is 2. The van der Waals surface area contributed by atoms with Crippen LogP contribution in [0.1, 0.15) is 49.9 Å². The number of nitrogens with zero attached hydrogens (tertiary/aromatic N) is 1. The lowest BCUT2D eigenvalue weighted by Crippen LogP contribution is -2.36. The van der Waals surface area contributed by atoms with Crippen LogP contribution in [0.25, 0.3) is 0 Å². The van der Waals surface area contributed by atoms with Gasteiger partial charge in [-0.15, -0.1) is 0 Å². The first kappa shape index (κ1) is 20.2. The van der Waals surface area contributed by atoms with Crippen molar-refractivity contribution in [2.45, 2.75) is 45.6 Å². The van der Waals surface area contributed by atoms with E-state index in [1.165, 1.54) is 0 Å². The molecule has 1 aromatic rings. The summed E-state index contributed by atoms with van der Waals surface area (Å²) in [5.41, 5.74) is 1.44. The summed E-state index contributed by atoms with van der Waals surface area (Å²) in [6.45, 7) is 7.34. The molecule has 1 aliphatic heterocycles. The van der Waals surface area contributed by atoms with Gasteiger partial charge in [0.05, 0.1) is 12.6 Å². The Labute approximate surface area is 156 Å². The monoisotopic (exact) mass is 361 g/mol. The van der Waals surface area contributed by atoms with Crippen molar-refractivity contribution in [2.24, 2.45) is 0 Å². The van der Waals surface area contributed by atoms with E-state index in [0.717, 1.165) is 51.1 Å². The van der Waals surface area contributed by atoms with Crippen LogP contribution in [0.3, 0.4) is 0 Å². The fraction of sp³-hybridized carbons (Fsp3) is 0.600. The minimum absolute atomic E-state index is 0.0970. The molecular formula is C20H31N3O3. The van der Waals surface area contributed by atoms with Crippen LogP contribution in [-0.2, 0) is 9.53 Å². The van der Waals surface area contributed by atoms with E-state index >= 15 is 0 Å². The molecular weight excluding hydrogens is 330 g/mol. The van der Waals surface area contributed by atoms with Crippen LogP contribution < -0.4 is 10.6 Å². The average Bonchev–Trinajstić information content (AvgIpc) is 3.18. The van der Waals surface area contributed by atoms with Crippen LogP contribution in [0.5, 0.6) is 0 Å². The molecule has 0 aromatic heterocycles. The SMILES string of the molecule is CCCN(CCC)C(=O)CNc1ccc(C(=O)NCC2CCCO2)cc1. The minimum atomic E-state index is -0.0970. The molecule has 144 valence electrons. The maximum Gasteiger partial charge on any atom is 0.251 e. The van der Waals surface area contributed by atoms with E-state index in [2.05, 4.69) is 24.5 Å². The average molecular weight is 361 g/mol. The summed E-state index contributed by atoms with van der Waals surface area (Å²) in [6, 6.07) is 7.21. The Morgan fingerprint density at radius 3 is 2.42 bits per heavy atom. The topological polar surface area (TPSA) is 70.7 Å². The summed E-state index contributed by atoms with van der Waals surface area (Å²) >= 11 is 0. The smallest absolute Gasteiger partial charge is 0.251 e. The molecule has 2 rings (SSSR count). The van der Waals surface area contributed by atoms with Crippen LogP contribution in [-0.4, -0.2) is 55.6 Å². The zero-order chi connectivity index (χ0) is 18.8. The van der Waals surface area contributed by atoms with Crippen molar-refractivity contribution < 1.29 is 14.3 Å². The Morgan fingerprint density at radius 2 is 1.85 bits per heavy atom. The first-order chi connectivity index (χ1) is 12.6. The van der Waals surface area contributed by atoms with Crippen molar-refractivity contribution >= 4 is 17.5 Å². The largest absolute Gasteiger partial charge is 0.376 e. The van der Waals surface area contributed by atoms with Gasteiger partial charge < -0.3 is 20.3 Å². The number of hydrogen-bond acceptors (Lipinski definition) is 4. The highest BCUT2D eigenvalue weighted by molar-refractivity contribution is 5.94. The highest BCUT2D eigenvalue weighted by Crippen LogP contribution is 2.12. The van der Waals surface area contributed by atoms with Gasteiger partial charge in [0.2, 0.25) is 5.91 Å². The molecule has 6 heteroatoms. The molecule has 0 spiro atoms. The molecule has 0 radical (unpaired) electrons. The fourth-order valence-corrected chi connectivity index (χ4v) is 3.04. The number of anilines is 1. The van der Waals surface area contributed by atoms with Gasteiger partial charge in [-0.2, -0.15) is 0 Å². The lowest BCUT2D eigenvalue weighted by atomic mass is 10.2. The molecule has 1 unspecified atom stereocenters. The third kappa shape index (κ3) is 6.33. The first-order valence-corrected chi connectivity index (χ1v) is 9.65. The third-order valence-corrected chi connectivity index (χ3v) is 4.44.